The molecule has 3 heteroatoms. The van der Waals surface area contributed by atoms with Gasteiger partial charge in [0.15, 0.2) is 0 Å². The highest BCUT2D eigenvalue weighted by atomic mass is 15.3. The van der Waals surface area contributed by atoms with E-state index in [-0.39, 0.29) is 0 Å². The third-order valence-electron chi connectivity index (χ3n) is 2.24. The lowest BCUT2D eigenvalue weighted by Gasteiger charge is -2.12. The van der Waals surface area contributed by atoms with Crippen LogP contribution in [-0.2, 0) is 6.54 Å². The summed E-state index contributed by atoms with van der Waals surface area (Å²) in [7, 11) is 1.91. The molecule has 0 amide bonds. The van der Waals surface area contributed by atoms with Gasteiger partial charge in [-0.05, 0) is 12.3 Å². The maximum absolute atomic E-state index is 4.23. The molecule has 1 atom stereocenters. The third-order valence-corrected chi connectivity index (χ3v) is 2.24. The highest BCUT2D eigenvalue weighted by Gasteiger charge is 2.05. The molecule has 0 aliphatic heterocycles. The summed E-state index contributed by atoms with van der Waals surface area (Å²) in [6, 6.07) is 1.97. The summed E-state index contributed by atoms with van der Waals surface area (Å²) in [6.07, 6.45) is 4.90. The SMILES string of the molecule is C=CC(CC)Cn1nccc1NC. The molecule has 0 saturated carbocycles. The van der Waals surface area contributed by atoms with Gasteiger partial charge in [-0.1, -0.05) is 13.0 Å². The number of aromatic nitrogens is 2. The van der Waals surface area contributed by atoms with E-state index in [1.54, 1.807) is 0 Å². The van der Waals surface area contributed by atoms with Crippen molar-refractivity contribution in [2.75, 3.05) is 12.4 Å². The molecular weight excluding hydrogens is 162 g/mol. The summed E-state index contributed by atoms with van der Waals surface area (Å²) < 4.78 is 1.97. The van der Waals surface area contributed by atoms with Crippen molar-refractivity contribution in [1.82, 2.24) is 9.78 Å². The van der Waals surface area contributed by atoms with Crippen molar-refractivity contribution in [3.63, 3.8) is 0 Å². The quantitative estimate of drug-likeness (QED) is 0.702. The number of hydrogen-bond donors (Lipinski definition) is 1. The maximum atomic E-state index is 4.23. The zero-order valence-electron chi connectivity index (χ0n) is 8.33. The molecule has 0 saturated heterocycles. The van der Waals surface area contributed by atoms with Gasteiger partial charge >= 0.3 is 0 Å². The first kappa shape index (κ1) is 9.84. The van der Waals surface area contributed by atoms with Gasteiger partial charge in [0, 0.05) is 19.7 Å². The Balaban J connectivity index is 2.66. The number of allylic oxidation sites excluding steroid dienone is 1. The fourth-order valence-corrected chi connectivity index (χ4v) is 1.28. The zero-order valence-corrected chi connectivity index (χ0v) is 8.33. The first-order chi connectivity index (χ1) is 6.31. The number of nitrogens with zero attached hydrogens (tertiary/aromatic N) is 2. The van der Waals surface area contributed by atoms with Gasteiger partial charge in [-0.15, -0.1) is 6.58 Å². The van der Waals surface area contributed by atoms with Crippen LogP contribution in [0.25, 0.3) is 0 Å². The summed E-state index contributed by atoms with van der Waals surface area (Å²) >= 11 is 0. The molecule has 1 N–H and O–H groups in total. The maximum Gasteiger partial charge on any atom is 0.123 e. The molecule has 72 valence electrons. The molecule has 13 heavy (non-hydrogen) atoms. The Morgan fingerprint density at radius 1 is 1.77 bits per heavy atom. The van der Waals surface area contributed by atoms with Crippen molar-refractivity contribution in [2.24, 2.45) is 5.92 Å². The van der Waals surface area contributed by atoms with E-state index in [0.717, 1.165) is 18.8 Å². The van der Waals surface area contributed by atoms with Crippen molar-refractivity contribution in [3.8, 4) is 0 Å². The molecule has 0 aromatic carbocycles. The Morgan fingerprint density at radius 2 is 2.54 bits per heavy atom. The summed E-state index contributed by atoms with van der Waals surface area (Å²) in [4.78, 5) is 0. The van der Waals surface area contributed by atoms with Gasteiger partial charge in [-0.25, -0.2) is 4.68 Å². The van der Waals surface area contributed by atoms with Crippen LogP contribution in [0.3, 0.4) is 0 Å². The van der Waals surface area contributed by atoms with E-state index in [1.165, 1.54) is 0 Å². The minimum absolute atomic E-state index is 0.506. The fraction of sp³-hybridized carbons (Fsp3) is 0.500. The van der Waals surface area contributed by atoms with Gasteiger partial charge in [0.05, 0.1) is 6.20 Å². The topological polar surface area (TPSA) is 29.9 Å². The lowest BCUT2D eigenvalue weighted by atomic mass is 10.1. The number of anilines is 1. The van der Waals surface area contributed by atoms with Crippen LogP contribution >= 0.6 is 0 Å². The molecule has 0 spiro atoms. The monoisotopic (exact) mass is 179 g/mol. The molecule has 1 heterocycles. The minimum atomic E-state index is 0.506. The molecule has 1 aromatic heterocycles. The Bertz CT molecular complexity index is 265. The second-order valence-corrected chi connectivity index (χ2v) is 3.05. The van der Waals surface area contributed by atoms with E-state index < -0.39 is 0 Å². The molecule has 0 radical (unpaired) electrons. The molecule has 0 aliphatic rings. The molecule has 1 rings (SSSR count). The molecule has 0 fully saturated rings. The third kappa shape index (κ3) is 2.34. The molecule has 1 unspecified atom stereocenters. The summed E-state index contributed by atoms with van der Waals surface area (Å²) in [5.74, 6) is 1.56. The average molecular weight is 179 g/mol. The summed E-state index contributed by atoms with van der Waals surface area (Å²) in [5, 5.41) is 7.32. The first-order valence-corrected chi connectivity index (χ1v) is 4.64. The Morgan fingerprint density at radius 3 is 3.08 bits per heavy atom. The second-order valence-electron chi connectivity index (χ2n) is 3.05. The minimum Gasteiger partial charge on any atom is -0.373 e. The van der Waals surface area contributed by atoms with Crippen LogP contribution in [0.15, 0.2) is 24.9 Å². The van der Waals surface area contributed by atoms with Gasteiger partial charge in [-0.2, -0.15) is 5.10 Å². The molecule has 3 nitrogen and oxygen atoms in total. The van der Waals surface area contributed by atoms with E-state index in [4.69, 9.17) is 0 Å². The van der Waals surface area contributed by atoms with Gasteiger partial charge in [0.25, 0.3) is 0 Å². The molecule has 0 aliphatic carbocycles. The smallest absolute Gasteiger partial charge is 0.123 e. The van der Waals surface area contributed by atoms with Crippen molar-refractivity contribution in [3.05, 3.63) is 24.9 Å². The van der Waals surface area contributed by atoms with E-state index in [2.05, 4.69) is 23.9 Å². The van der Waals surface area contributed by atoms with Crippen LogP contribution in [0.5, 0.6) is 0 Å². The highest BCUT2D eigenvalue weighted by Crippen LogP contribution is 2.11. The van der Waals surface area contributed by atoms with Gasteiger partial charge in [0.1, 0.15) is 5.82 Å². The second kappa shape index (κ2) is 4.70. The van der Waals surface area contributed by atoms with Gasteiger partial charge in [-0.3, -0.25) is 0 Å². The van der Waals surface area contributed by atoms with E-state index in [1.807, 2.05) is 30.1 Å². The number of nitrogens with one attached hydrogen (secondary N) is 1. The van der Waals surface area contributed by atoms with E-state index in [9.17, 15) is 0 Å². The predicted octanol–water partition coefficient (Wildman–Crippen LogP) is 2.14. The Labute approximate surface area is 79.5 Å². The lowest BCUT2D eigenvalue weighted by molar-refractivity contribution is 0.483. The standard InChI is InChI=1S/C10H17N3/c1-4-9(5-2)8-13-10(11-3)6-7-12-13/h4,6-7,9,11H,1,5,8H2,2-3H3. The average Bonchev–Trinajstić information content (AvgIpc) is 2.61. The van der Waals surface area contributed by atoms with E-state index in [0.29, 0.717) is 5.92 Å². The van der Waals surface area contributed by atoms with Crippen molar-refractivity contribution in [2.45, 2.75) is 19.9 Å². The largest absolute Gasteiger partial charge is 0.373 e. The lowest BCUT2D eigenvalue weighted by Crippen LogP contribution is -2.11. The van der Waals surface area contributed by atoms with Crippen LogP contribution in [0.2, 0.25) is 0 Å². The molecule has 1 aromatic rings. The first-order valence-electron chi connectivity index (χ1n) is 4.64. The number of hydrogen-bond acceptors (Lipinski definition) is 2. The van der Waals surface area contributed by atoms with Crippen LogP contribution in [0, 0.1) is 5.92 Å². The Hall–Kier alpha value is -1.25. The van der Waals surface area contributed by atoms with Crippen LogP contribution in [0.1, 0.15) is 13.3 Å². The van der Waals surface area contributed by atoms with Crippen molar-refractivity contribution < 1.29 is 0 Å². The predicted molar refractivity (Wildman–Crippen MR) is 55.8 cm³/mol. The normalized spacial score (nSPS) is 12.5. The molecular formula is C10H17N3. The summed E-state index contributed by atoms with van der Waals surface area (Å²) in [6.45, 7) is 6.87. The number of rotatable bonds is 5. The van der Waals surface area contributed by atoms with E-state index >= 15 is 0 Å². The summed E-state index contributed by atoms with van der Waals surface area (Å²) in [5.41, 5.74) is 0. The van der Waals surface area contributed by atoms with Crippen LogP contribution in [-0.4, -0.2) is 16.8 Å². The van der Waals surface area contributed by atoms with Gasteiger partial charge in [0.2, 0.25) is 0 Å². The molecule has 0 bridgehead atoms. The van der Waals surface area contributed by atoms with Crippen molar-refractivity contribution in [1.29, 1.82) is 0 Å². The van der Waals surface area contributed by atoms with Crippen LogP contribution in [0.4, 0.5) is 5.82 Å². The zero-order chi connectivity index (χ0) is 9.68. The van der Waals surface area contributed by atoms with Crippen LogP contribution < -0.4 is 5.32 Å². The fourth-order valence-electron chi connectivity index (χ4n) is 1.28. The van der Waals surface area contributed by atoms with Crippen molar-refractivity contribution >= 4 is 5.82 Å². The Kier molecular flexibility index (Phi) is 3.55. The van der Waals surface area contributed by atoms with Gasteiger partial charge < -0.3 is 5.32 Å². The highest BCUT2D eigenvalue weighted by molar-refractivity contribution is 5.32.